The lowest BCUT2D eigenvalue weighted by Crippen LogP contribution is -2.42. The predicted octanol–water partition coefficient (Wildman–Crippen LogP) is 2.30. The van der Waals surface area contributed by atoms with E-state index in [-0.39, 0.29) is 11.5 Å². The number of esters is 2. The standard InChI is InChI=1S/C18H22N2O5/c1-5-20(6-2)15(21)12-8-7-9-13(10-12)19-11-14-16(22)24-18(3,4)25-17(14)23/h7-11,19H,5-6H2,1-4H3. The third-order valence-electron chi connectivity index (χ3n) is 3.66. The van der Waals surface area contributed by atoms with Crippen LogP contribution in [0.1, 0.15) is 38.1 Å². The van der Waals surface area contributed by atoms with Crippen LogP contribution >= 0.6 is 0 Å². The van der Waals surface area contributed by atoms with Crippen molar-refractivity contribution in [1.82, 2.24) is 4.90 Å². The Labute approximate surface area is 146 Å². The van der Waals surface area contributed by atoms with E-state index in [9.17, 15) is 14.4 Å². The summed E-state index contributed by atoms with van der Waals surface area (Å²) in [5.41, 5.74) is 0.845. The van der Waals surface area contributed by atoms with Crippen LogP contribution in [0.2, 0.25) is 0 Å². The molecule has 0 bridgehead atoms. The molecule has 1 N–H and O–H groups in total. The normalized spacial score (nSPS) is 15.9. The van der Waals surface area contributed by atoms with Crippen molar-refractivity contribution in [2.75, 3.05) is 18.4 Å². The molecule has 1 heterocycles. The molecule has 1 aliphatic rings. The molecule has 0 saturated carbocycles. The second-order valence-corrected chi connectivity index (χ2v) is 5.94. The molecule has 1 aromatic rings. The summed E-state index contributed by atoms with van der Waals surface area (Å²) in [6.45, 7) is 8.02. The van der Waals surface area contributed by atoms with Gasteiger partial charge < -0.3 is 19.7 Å². The van der Waals surface area contributed by atoms with Crippen LogP contribution in [-0.4, -0.2) is 41.6 Å². The Morgan fingerprint density at radius 1 is 1.16 bits per heavy atom. The minimum Gasteiger partial charge on any atom is -0.419 e. The van der Waals surface area contributed by atoms with Gasteiger partial charge in [0.25, 0.3) is 11.7 Å². The van der Waals surface area contributed by atoms with Crippen LogP contribution in [0.3, 0.4) is 0 Å². The highest BCUT2D eigenvalue weighted by atomic mass is 16.7. The van der Waals surface area contributed by atoms with Gasteiger partial charge in [0.05, 0.1) is 0 Å². The number of carbonyl (C=O) groups excluding carboxylic acids is 3. The zero-order valence-electron chi connectivity index (χ0n) is 14.8. The minimum atomic E-state index is -1.28. The first-order valence-electron chi connectivity index (χ1n) is 8.10. The van der Waals surface area contributed by atoms with Crippen molar-refractivity contribution in [1.29, 1.82) is 0 Å². The molecule has 2 rings (SSSR count). The molecule has 0 spiro atoms. The fraction of sp³-hybridized carbons (Fsp3) is 0.389. The van der Waals surface area contributed by atoms with Crippen LogP contribution in [0.5, 0.6) is 0 Å². The summed E-state index contributed by atoms with van der Waals surface area (Å²) in [6, 6.07) is 6.81. The van der Waals surface area contributed by atoms with Crippen molar-refractivity contribution in [2.45, 2.75) is 33.5 Å². The SMILES string of the molecule is CCN(CC)C(=O)c1cccc(NC=C2C(=O)OC(C)(C)OC2=O)c1. The highest BCUT2D eigenvalue weighted by Gasteiger charge is 2.38. The molecule has 134 valence electrons. The highest BCUT2D eigenvalue weighted by molar-refractivity contribution is 6.15. The van der Waals surface area contributed by atoms with Gasteiger partial charge in [0.1, 0.15) is 0 Å². The first-order chi connectivity index (χ1) is 11.8. The Hall–Kier alpha value is -2.83. The van der Waals surface area contributed by atoms with Gasteiger partial charge >= 0.3 is 11.9 Å². The quantitative estimate of drug-likeness (QED) is 0.500. The predicted molar refractivity (Wildman–Crippen MR) is 91.7 cm³/mol. The van der Waals surface area contributed by atoms with Gasteiger partial charge in [-0.3, -0.25) is 4.79 Å². The van der Waals surface area contributed by atoms with E-state index in [4.69, 9.17) is 9.47 Å². The maximum atomic E-state index is 12.4. The summed E-state index contributed by atoms with van der Waals surface area (Å²) in [5.74, 6) is -2.88. The molecular formula is C18H22N2O5. The molecule has 1 saturated heterocycles. The van der Waals surface area contributed by atoms with Gasteiger partial charge in [-0.05, 0) is 32.0 Å². The lowest BCUT2D eigenvalue weighted by atomic mass is 10.1. The fourth-order valence-corrected chi connectivity index (χ4v) is 2.37. The van der Waals surface area contributed by atoms with Gasteiger partial charge in [-0.25, -0.2) is 9.59 Å². The van der Waals surface area contributed by atoms with E-state index in [1.165, 1.54) is 20.0 Å². The number of nitrogens with one attached hydrogen (secondary N) is 1. The molecule has 1 amide bonds. The molecule has 0 aliphatic carbocycles. The Morgan fingerprint density at radius 3 is 2.32 bits per heavy atom. The number of ether oxygens (including phenoxy) is 2. The van der Waals surface area contributed by atoms with Crippen molar-refractivity contribution < 1.29 is 23.9 Å². The molecule has 7 heteroatoms. The number of amides is 1. The van der Waals surface area contributed by atoms with Crippen LogP contribution in [0.4, 0.5) is 5.69 Å². The van der Waals surface area contributed by atoms with E-state index in [0.717, 1.165) is 0 Å². The van der Waals surface area contributed by atoms with E-state index in [2.05, 4.69) is 5.32 Å². The first kappa shape index (κ1) is 18.5. The maximum Gasteiger partial charge on any atom is 0.350 e. The number of hydrogen-bond donors (Lipinski definition) is 1. The van der Waals surface area contributed by atoms with Gasteiger partial charge in [-0.1, -0.05) is 6.07 Å². The highest BCUT2D eigenvalue weighted by Crippen LogP contribution is 2.23. The van der Waals surface area contributed by atoms with E-state index in [1.54, 1.807) is 29.2 Å². The monoisotopic (exact) mass is 346 g/mol. The molecule has 1 aromatic carbocycles. The maximum absolute atomic E-state index is 12.4. The zero-order chi connectivity index (χ0) is 18.6. The lowest BCUT2D eigenvalue weighted by Gasteiger charge is -2.29. The average Bonchev–Trinajstić information content (AvgIpc) is 2.54. The van der Waals surface area contributed by atoms with Crippen molar-refractivity contribution in [3.63, 3.8) is 0 Å². The van der Waals surface area contributed by atoms with Crippen molar-refractivity contribution >= 4 is 23.5 Å². The van der Waals surface area contributed by atoms with E-state index < -0.39 is 17.7 Å². The molecule has 0 atom stereocenters. The minimum absolute atomic E-state index is 0.0838. The first-order valence-corrected chi connectivity index (χ1v) is 8.10. The van der Waals surface area contributed by atoms with Crippen molar-refractivity contribution in [2.24, 2.45) is 0 Å². The number of nitrogens with zero attached hydrogens (tertiary/aromatic N) is 1. The number of carbonyl (C=O) groups is 3. The van der Waals surface area contributed by atoms with Crippen LogP contribution in [0.15, 0.2) is 36.0 Å². The van der Waals surface area contributed by atoms with Gasteiger partial charge in [0.2, 0.25) is 0 Å². The van der Waals surface area contributed by atoms with Crippen LogP contribution in [-0.2, 0) is 19.1 Å². The number of hydrogen-bond acceptors (Lipinski definition) is 6. The summed E-state index contributed by atoms with van der Waals surface area (Å²) in [4.78, 5) is 37.9. The topological polar surface area (TPSA) is 84.9 Å². The van der Waals surface area contributed by atoms with E-state index in [1.807, 2.05) is 13.8 Å². The van der Waals surface area contributed by atoms with Gasteiger partial charge in [0, 0.05) is 44.4 Å². The molecule has 7 nitrogen and oxygen atoms in total. The molecule has 0 radical (unpaired) electrons. The summed E-state index contributed by atoms with van der Waals surface area (Å²) >= 11 is 0. The molecule has 0 unspecified atom stereocenters. The third kappa shape index (κ3) is 4.37. The lowest BCUT2D eigenvalue weighted by molar-refractivity contribution is -0.222. The van der Waals surface area contributed by atoms with Crippen LogP contribution in [0, 0.1) is 0 Å². The molecule has 1 aliphatic heterocycles. The van der Waals surface area contributed by atoms with E-state index >= 15 is 0 Å². The Balaban J connectivity index is 2.16. The fourth-order valence-electron chi connectivity index (χ4n) is 2.37. The average molecular weight is 346 g/mol. The van der Waals surface area contributed by atoms with Gasteiger partial charge in [-0.2, -0.15) is 0 Å². The summed E-state index contributed by atoms with van der Waals surface area (Å²) in [5, 5.41) is 2.84. The molecule has 0 aromatic heterocycles. The Kier molecular flexibility index (Phi) is 5.46. The molecule has 25 heavy (non-hydrogen) atoms. The number of benzene rings is 1. The van der Waals surface area contributed by atoms with Crippen molar-refractivity contribution in [3.8, 4) is 0 Å². The Bertz CT molecular complexity index is 698. The zero-order valence-corrected chi connectivity index (χ0v) is 14.8. The largest absolute Gasteiger partial charge is 0.419 e. The second-order valence-electron chi connectivity index (χ2n) is 5.94. The summed E-state index contributed by atoms with van der Waals surface area (Å²) in [7, 11) is 0. The number of rotatable bonds is 5. The summed E-state index contributed by atoms with van der Waals surface area (Å²) in [6.07, 6.45) is 1.22. The second kappa shape index (κ2) is 7.38. The third-order valence-corrected chi connectivity index (χ3v) is 3.66. The Morgan fingerprint density at radius 2 is 1.76 bits per heavy atom. The van der Waals surface area contributed by atoms with Gasteiger partial charge in [-0.15, -0.1) is 0 Å². The smallest absolute Gasteiger partial charge is 0.350 e. The van der Waals surface area contributed by atoms with E-state index in [0.29, 0.717) is 24.3 Å². The number of anilines is 1. The molecule has 1 fully saturated rings. The van der Waals surface area contributed by atoms with Crippen LogP contribution < -0.4 is 5.32 Å². The summed E-state index contributed by atoms with van der Waals surface area (Å²) < 4.78 is 10.0. The van der Waals surface area contributed by atoms with Crippen LogP contribution in [0.25, 0.3) is 0 Å². The van der Waals surface area contributed by atoms with Crippen molar-refractivity contribution in [3.05, 3.63) is 41.6 Å². The molecular weight excluding hydrogens is 324 g/mol. The number of cyclic esters (lactones) is 2. The van der Waals surface area contributed by atoms with Gasteiger partial charge in [0.15, 0.2) is 5.57 Å².